The lowest BCUT2D eigenvalue weighted by molar-refractivity contribution is 0.263. The quantitative estimate of drug-likeness (QED) is 0.874. The number of halogens is 1. The van der Waals surface area contributed by atoms with Crippen molar-refractivity contribution >= 4 is 37.3 Å². The van der Waals surface area contributed by atoms with Crippen LogP contribution in [0.25, 0.3) is 0 Å². The van der Waals surface area contributed by atoms with Crippen LogP contribution < -0.4 is 9.46 Å². The van der Waals surface area contributed by atoms with Crippen molar-refractivity contribution in [2.24, 2.45) is 0 Å². The Morgan fingerprint density at radius 2 is 2.14 bits per heavy atom. The van der Waals surface area contributed by atoms with Gasteiger partial charge in [-0.1, -0.05) is 18.2 Å². The number of para-hydroxylation sites is 1. The first kappa shape index (κ1) is 15.0. The number of hydrogen-bond donors (Lipinski definition) is 1. The van der Waals surface area contributed by atoms with E-state index in [1.807, 2.05) is 31.2 Å². The van der Waals surface area contributed by atoms with E-state index in [1.165, 1.54) is 11.3 Å². The summed E-state index contributed by atoms with van der Waals surface area (Å²) in [5.41, 5.74) is 0.888. The number of aryl methyl sites for hydroxylation is 1. The van der Waals surface area contributed by atoms with Crippen molar-refractivity contribution < 1.29 is 13.2 Å². The molecule has 1 atom stereocenters. The summed E-state index contributed by atoms with van der Waals surface area (Å²) in [6, 6.07) is 8.93. The average molecular weight is 388 g/mol. The van der Waals surface area contributed by atoms with Crippen LogP contribution in [0, 0.1) is 6.92 Å². The summed E-state index contributed by atoms with van der Waals surface area (Å²) < 4.78 is 34.3. The van der Waals surface area contributed by atoms with Crippen molar-refractivity contribution in [3.05, 3.63) is 44.6 Å². The third-order valence-corrected chi connectivity index (χ3v) is 6.67. The molecule has 0 radical (unpaired) electrons. The Morgan fingerprint density at radius 1 is 1.38 bits per heavy atom. The first-order valence-electron chi connectivity index (χ1n) is 6.47. The van der Waals surface area contributed by atoms with E-state index in [0.717, 1.165) is 20.0 Å². The number of ether oxygens (including phenoxy) is 1. The molecule has 2 aromatic rings. The molecular formula is C14H14BrNO3S2. The zero-order valence-corrected chi connectivity index (χ0v) is 14.5. The molecule has 7 heteroatoms. The van der Waals surface area contributed by atoms with E-state index >= 15 is 0 Å². The summed E-state index contributed by atoms with van der Waals surface area (Å²) in [4.78, 5) is 1.11. The van der Waals surface area contributed by atoms with Crippen molar-refractivity contribution in [1.29, 1.82) is 0 Å². The van der Waals surface area contributed by atoms with E-state index in [9.17, 15) is 8.42 Å². The van der Waals surface area contributed by atoms with Gasteiger partial charge in [0.05, 0.1) is 21.3 Å². The molecule has 4 nitrogen and oxygen atoms in total. The predicted octanol–water partition coefficient (Wildman–Crippen LogP) is 3.62. The second kappa shape index (κ2) is 5.72. The topological polar surface area (TPSA) is 55.4 Å². The maximum atomic E-state index is 12.6. The van der Waals surface area contributed by atoms with Gasteiger partial charge in [-0.15, -0.1) is 11.3 Å². The van der Waals surface area contributed by atoms with Crippen LogP contribution in [-0.2, 0) is 10.0 Å². The first-order valence-corrected chi connectivity index (χ1v) is 9.56. The van der Waals surface area contributed by atoms with Gasteiger partial charge in [-0.3, -0.25) is 0 Å². The van der Waals surface area contributed by atoms with Gasteiger partial charge in [-0.2, -0.15) is 0 Å². The molecule has 1 aromatic carbocycles. The van der Waals surface area contributed by atoms with E-state index in [0.29, 0.717) is 17.9 Å². The van der Waals surface area contributed by atoms with Crippen LogP contribution in [0.1, 0.15) is 22.9 Å². The smallest absolute Gasteiger partial charge is 0.242 e. The van der Waals surface area contributed by atoms with Gasteiger partial charge in [0, 0.05) is 16.9 Å². The van der Waals surface area contributed by atoms with E-state index in [-0.39, 0.29) is 6.04 Å². The number of thiophene rings is 1. The summed E-state index contributed by atoms with van der Waals surface area (Å²) >= 11 is 4.75. The molecule has 0 fully saturated rings. The summed E-state index contributed by atoms with van der Waals surface area (Å²) in [7, 11) is -3.54. The fraction of sp³-hybridized carbons (Fsp3) is 0.286. The predicted molar refractivity (Wildman–Crippen MR) is 86.4 cm³/mol. The Balaban J connectivity index is 1.92. The van der Waals surface area contributed by atoms with Crippen LogP contribution in [0.4, 0.5) is 0 Å². The fourth-order valence-corrected chi connectivity index (χ4v) is 6.08. The number of hydrogen-bond acceptors (Lipinski definition) is 4. The minimum Gasteiger partial charge on any atom is -0.493 e. The largest absolute Gasteiger partial charge is 0.493 e. The summed E-state index contributed by atoms with van der Waals surface area (Å²) in [6.07, 6.45) is 0.626. The standard InChI is InChI=1S/C14H14BrNO3S2/c1-9-13(8-14(15)20-9)21(17,18)16-11-6-7-19-12-5-3-2-4-10(11)12/h2-5,8,11,16H,6-7H2,1H3. The molecule has 3 rings (SSSR count). The van der Waals surface area contributed by atoms with Crippen molar-refractivity contribution in [2.75, 3.05) is 6.61 Å². The number of rotatable bonds is 3. The Morgan fingerprint density at radius 3 is 2.86 bits per heavy atom. The van der Waals surface area contributed by atoms with Crippen LogP contribution in [0.3, 0.4) is 0 Å². The number of nitrogens with one attached hydrogen (secondary N) is 1. The lowest BCUT2D eigenvalue weighted by atomic mass is 10.0. The van der Waals surface area contributed by atoms with Crippen molar-refractivity contribution in [3.63, 3.8) is 0 Å². The Hall–Kier alpha value is -0.890. The Bertz CT molecular complexity index is 770. The molecule has 21 heavy (non-hydrogen) atoms. The average Bonchev–Trinajstić information content (AvgIpc) is 2.79. The highest BCUT2D eigenvalue weighted by molar-refractivity contribution is 9.11. The normalized spacial score (nSPS) is 18.1. The van der Waals surface area contributed by atoms with Gasteiger partial charge >= 0.3 is 0 Å². The van der Waals surface area contributed by atoms with Gasteiger partial charge in [-0.25, -0.2) is 13.1 Å². The van der Waals surface area contributed by atoms with Gasteiger partial charge in [0.2, 0.25) is 10.0 Å². The SMILES string of the molecule is Cc1sc(Br)cc1S(=O)(=O)NC1CCOc2ccccc21. The van der Waals surface area contributed by atoms with Gasteiger partial charge < -0.3 is 4.74 Å². The summed E-state index contributed by atoms with van der Waals surface area (Å²) in [5.74, 6) is 0.750. The molecule has 2 heterocycles. The molecule has 112 valence electrons. The van der Waals surface area contributed by atoms with Gasteiger partial charge in [0.15, 0.2) is 0 Å². The molecule has 0 spiro atoms. The molecular weight excluding hydrogens is 374 g/mol. The summed E-state index contributed by atoms with van der Waals surface area (Å²) in [6.45, 7) is 2.32. The maximum absolute atomic E-state index is 12.6. The zero-order chi connectivity index (χ0) is 15.0. The highest BCUT2D eigenvalue weighted by Crippen LogP contribution is 2.34. The van der Waals surface area contributed by atoms with Crippen LogP contribution in [0.2, 0.25) is 0 Å². The van der Waals surface area contributed by atoms with Crippen LogP contribution in [0.15, 0.2) is 39.0 Å². The summed E-state index contributed by atoms with van der Waals surface area (Å²) in [5, 5.41) is 0. The van der Waals surface area contributed by atoms with Gasteiger partial charge in [0.25, 0.3) is 0 Å². The third kappa shape index (κ3) is 3.01. The fourth-order valence-electron chi connectivity index (χ4n) is 2.41. The van der Waals surface area contributed by atoms with E-state index in [4.69, 9.17) is 4.74 Å². The minimum absolute atomic E-state index is 0.252. The van der Waals surface area contributed by atoms with Crippen LogP contribution in [0.5, 0.6) is 5.75 Å². The van der Waals surface area contributed by atoms with Crippen molar-refractivity contribution in [3.8, 4) is 5.75 Å². The number of benzene rings is 1. The molecule has 1 aromatic heterocycles. The Labute approximate surface area is 136 Å². The number of fused-ring (bicyclic) bond motifs is 1. The van der Waals surface area contributed by atoms with Gasteiger partial charge in [0.1, 0.15) is 5.75 Å². The monoisotopic (exact) mass is 387 g/mol. The molecule has 1 aliphatic rings. The Kier molecular flexibility index (Phi) is 4.09. The molecule has 0 saturated heterocycles. The second-order valence-corrected chi connectivity index (χ2v) is 9.14. The van der Waals surface area contributed by atoms with Crippen molar-refractivity contribution in [2.45, 2.75) is 24.3 Å². The first-order chi connectivity index (χ1) is 9.97. The molecule has 0 saturated carbocycles. The lowest BCUT2D eigenvalue weighted by Gasteiger charge is -2.26. The van der Waals surface area contributed by atoms with E-state index < -0.39 is 10.0 Å². The molecule has 0 amide bonds. The number of sulfonamides is 1. The molecule has 1 unspecified atom stereocenters. The molecule has 0 bridgehead atoms. The van der Waals surface area contributed by atoms with E-state index in [1.54, 1.807) is 6.07 Å². The van der Waals surface area contributed by atoms with Crippen molar-refractivity contribution in [1.82, 2.24) is 4.72 Å². The van der Waals surface area contributed by atoms with Crippen LogP contribution in [-0.4, -0.2) is 15.0 Å². The highest BCUT2D eigenvalue weighted by atomic mass is 79.9. The third-order valence-electron chi connectivity index (χ3n) is 3.39. The minimum atomic E-state index is -3.54. The molecule has 0 aliphatic carbocycles. The highest BCUT2D eigenvalue weighted by Gasteiger charge is 2.28. The maximum Gasteiger partial charge on any atom is 0.242 e. The zero-order valence-electron chi connectivity index (χ0n) is 11.3. The molecule has 1 N–H and O–H groups in total. The lowest BCUT2D eigenvalue weighted by Crippen LogP contribution is -2.32. The second-order valence-electron chi connectivity index (χ2n) is 4.82. The van der Waals surface area contributed by atoms with Gasteiger partial charge in [-0.05, 0) is 35.0 Å². The van der Waals surface area contributed by atoms with E-state index in [2.05, 4.69) is 20.7 Å². The molecule has 1 aliphatic heterocycles. The van der Waals surface area contributed by atoms with Crippen LogP contribution >= 0.6 is 27.3 Å².